The van der Waals surface area contributed by atoms with Gasteiger partial charge >= 0.3 is 0 Å². The highest BCUT2D eigenvalue weighted by Gasteiger charge is 2.33. The van der Waals surface area contributed by atoms with Gasteiger partial charge < -0.3 is 4.90 Å². The van der Waals surface area contributed by atoms with Gasteiger partial charge in [-0.15, -0.1) is 10.2 Å². The molecule has 3 unspecified atom stereocenters. The molecule has 16 heavy (non-hydrogen) atoms. The molecule has 1 aliphatic rings. The van der Waals surface area contributed by atoms with Gasteiger partial charge in [0.2, 0.25) is 0 Å². The molecule has 1 N–H and O–H groups in total. The number of amides is 1. The third-order valence-electron chi connectivity index (χ3n) is 3.40. The van der Waals surface area contributed by atoms with Crippen molar-refractivity contribution in [3.05, 3.63) is 5.82 Å². The van der Waals surface area contributed by atoms with Crippen molar-refractivity contribution >= 4 is 5.91 Å². The Hall–Kier alpha value is -1.46. The number of tetrazole rings is 1. The van der Waals surface area contributed by atoms with Gasteiger partial charge in [0.1, 0.15) is 0 Å². The van der Waals surface area contributed by atoms with Crippen molar-refractivity contribution in [3.8, 4) is 0 Å². The van der Waals surface area contributed by atoms with E-state index in [-0.39, 0.29) is 17.8 Å². The molecule has 0 saturated carbocycles. The lowest BCUT2D eigenvalue weighted by Crippen LogP contribution is -2.49. The molecule has 2 rings (SSSR count). The molecule has 0 spiro atoms. The Bertz CT molecular complexity index is 363. The Balaban J connectivity index is 2.16. The first kappa shape index (κ1) is 11.0. The molecule has 1 amide bonds. The summed E-state index contributed by atoms with van der Waals surface area (Å²) in [6.45, 7) is 7.20. The van der Waals surface area contributed by atoms with Gasteiger partial charge in [-0.1, -0.05) is 13.8 Å². The average Bonchev–Trinajstić information content (AvgIpc) is 2.75. The molecule has 1 saturated heterocycles. The lowest BCUT2D eigenvalue weighted by Gasteiger charge is -2.40. The van der Waals surface area contributed by atoms with E-state index in [2.05, 4.69) is 41.4 Å². The fourth-order valence-electron chi connectivity index (χ4n) is 2.36. The van der Waals surface area contributed by atoms with Gasteiger partial charge in [-0.3, -0.25) is 4.79 Å². The van der Waals surface area contributed by atoms with Crippen LogP contribution in [0.1, 0.15) is 37.8 Å². The summed E-state index contributed by atoms with van der Waals surface area (Å²) >= 11 is 0. The van der Waals surface area contributed by atoms with Crippen molar-refractivity contribution in [1.82, 2.24) is 25.5 Å². The zero-order valence-corrected chi connectivity index (χ0v) is 9.84. The number of rotatable bonds is 1. The van der Waals surface area contributed by atoms with E-state index in [9.17, 15) is 4.79 Å². The number of likely N-dealkylation sites (tertiary alicyclic amines) is 1. The predicted molar refractivity (Wildman–Crippen MR) is 57.6 cm³/mol. The Labute approximate surface area is 94.4 Å². The molecule has 1 fully saturated rings. The molecule has 3 atom stereocenters. The van der Waals surface area contributed by atoms with Crippen LogP contribution in [0.2, 0.25) is 0 Å². The van der Waals surface area contributed by atoms with Crippen LogP contribution in [-0.4, -0.2) is 44.0 Å². The molecule has 1 aliphatic heterocycles. The first-order valence-electron chi connectivity index (χ1n) is 5.64. The molecular weight excluding hydrogens is 206 g/mol. The van der Waals surface area contributed by atoms with Gasteiger partial charge in [-0.25, -0.2) is 0 Å². The maximum Gasteiger partial charge on any atom is 0.295 e. The number of hydrogen-bond acceptors (Lipinski definition) is 4. The smallest absolute Gasteiger partial charge is 0.295 e. The summed E-state index contributed by atoms with van der Waals surface area (Å²) < 4.78 is 0. The second kappa shape index (κ2) is 4.19. The summed E-state index contributed by atoms with van der Waals surface area (Å²) in [5, 5.41) is 13.2. The van der Waals surface area contributed by atoms with E-state index in [1.54, 1.807) is 0 Å². The maximum absolute atomic E-state index is 12.1. The van der Waals surface area contributed by atoms with Crippen LogP contribution in [0.4, 0.5) is 0 Å². The van der Waals surface area contributed by atoms with E-state index >= 15 is 0 Å². The zero-order chi connectivity index (χ0) is 11.7. The molecular formula is C10H17N5O. The highest BCUT2D eigenvalue weighted by atomic mass is 16.2. The van der Waals surface area contributed by atoms with Crippen molar-refractivity contribution in [3.63, 3.8) is 0 Å². The summed E-state index contributed by atoms with van der Waals surface area (Å²) in [7, 11) is 0. The third kappa shape index (κ3) is 1.91. The molecule has 2 heterocycles. The normalized spacial score (nSPS) is 30.4. The number of aromatic nitrogens is 4. The fourth-order valence-corrected chi connectivity index (χ4v) is 2.36. The highest BCUT2D eigenvalue weighted by Crippen LogP contribution is 2.27. The van der Waals surface area contributed by atoms with E-state index in [1.807, 2.05) is 4.90 Å². The molecule has 6 heteroatoms. The van der Waals surface area contributed by atoms with E-state index in [0.29, 0.717) is 11.8 Å². The topological polar surface area (TPSA) is 74.8 Å². The summed E-state index contributed by atoms with van der Waals surface area (Å²) in [5.74, 6) is 1.08. The molecule has 0 aliphatic carbocycles. The van der Waals surface area contributed by atoms with Crippen LogP contribution in [0.5, 0.6) is 0 Å². The van der Waals surface area contributed by atoms with E-state index < -0.39 is 0 Å². The van der Waals surface area contributed by atoms with Crippen LogP contribution < -0.4 is 0 Å². The molecule has 6 nitrogen and oxygen atoms in total. The van der Waals surface area contributed by atoms with Crippen LogP contribution in [0, 0.1) is 11.8 Å². The molecule has 0 aromatic carbocycles. The van der Waals surface area contributed by atoms with Crippen molar-refractivity contribution in [1.29, 1.82) is 0 Å². The lowest BCUT2D eigenvalue weighted by molar-refractivity contribution is 0.0444. The number of hydrogen-bond donors (Lipinski definition) is 1. The average molecular weight is 223 g/mol. The minimum atomic E-state index is -0.125. The lowest BCUT2D eigenvalue weighted by atomic mass is 9.86. The van der Waals surface area contributed by atoms with Crippen molar-refractivity contribution in [2.45, 2.75) is 33.2 Å². The SMILES string of the molecule is CC1CC(C)C(C)N(C(=O)c2nn[nH]n2)C1. The zero-order valence-electron chi connectivity index (χ0n) is 9.84. The van der Waals surface area contributed by atoms with E-state index in [1.165, 1.54) is 0 Å². The standard InChI is InChI=1S/C10H17N5O/c1-6-4-7(2)8(3)15(5-6)10(16)9-11-13-14-12-9/h6-8H,4-5H2,1-3H3,(H,11,12,13,14). The largest absolute Gasteiger partial charge is 0.333 e. The third-order valence-corrected chi connectivity index (χ3v) is 3.40. The Morgan fingerprint density at radius 2 is 2.19 bits per heavy atom. The number of carbonyl (C=O) groups is 1. The van der Waals surface area contributed by atoms with E-state index in [4.69, 9.17) is 0 Å². The van der Waals surface area contributed by atoms with Crippen molar-refractivity contribution in [2.75, 3.05) is 6.54 Å². The summed E-state index contributed by atoms with van der Waals surface area (Å²) in [4.78, 5) is 14.0. The molecule has 1 aromatic rings. The summed E-state index contributed by atoms with van der Waals surface area (Å²) in [5.41, 5.74) is 0. The molecule has 88 valence electrons. The van der Waals surface area contributed by atoms with Crippen molar-refractivity contribution in [2.24, 2.45) is 11.8 Å². The minimum Gasteiger partial charge on any atom is -0.333 e. The van der Waals surface area contributed by atoms with Gasteiger partial charge in [0.25, 0.3) is 11.7 Å². The number of aromatic amines is 1. The van der Waals surface area contributed by atoms with Crippen LogP contribution in [0.25, 0.3) is 0 Å². The Kier molecular flexibility index (Phi) is 2.89. The van der Waals surface area contributed by atoms with Gasteiger partial charge in [-0.05, 0) is 30.4 Å². The van der Waals surface area contributed by atoms with Crippen LogP contribution in [0.3, 0.4) is 0 Å². The summed E-state index contributed by atoms with van der Waals surface area (Å²) in [6.07, 6.45) is 1.16. The van der Waals surface area contributed by atoms with Gasteiger partial charge in [0.15, 0.2) is 0 Å². The van der Waals surface area contributed by atoms with Gasteiger partial charge in [0, 0.05) is 12.6 Å². The number of carbonyl (C=O) groups excluding carboxylic acids is 1. The monoisotopic (exact) mass is 223 g/mol. The number of H-pyrrole nitrogens is 1. The Morgan fingerprint density at radius 1 is 1.44 bits per heavy atom. The maximum atomic E-state index is 12.1. The van der Waals surface area contributed by atoms with Crippen molar-refractivity contribution < 1.29 is 4.79 Å². The predicted octanol–water partition coefficient (Wildman–Crippen LogP) is 0.706. The fraction of sp³-hybridized carbons (Fsp3) is 0.800. The number of nitrogens with one attached hydrogen (secondary N) is 1. The molecule has 0 radical (unpaired) electrons. The Morgan fingerprint density at radius 3 is 2.81 bits per heavy atom. The first-order valence-corrected chi connectivity index (χ1v) is 5.64. The number of piperidine rings is 1. The number of nitrogens with zero attached hydrogens (tertiary/aromatic N) is 4. The highest BCUT2D eigenvalue weighted by molar-refractivity contribution is 5.90. The minimum absolute atomic E-state index is 0.125. The van der Waals surface area contributed by atoms with Crippen LogP contribution >= 0.6 is 0 Å². The van der Waals surface area contributed by atoms with Gasteiger partial charge in [-0.2, -0.15) is 5.21 Å². The second-order valence-electron chi connectivity index (χ2n) is 4.75. The molecule has 0 bridgehead atoms. The summed E-state index contributed by atoms with van der Waals surface area (Å²) in [6, 6.07) is 0.238. The van der Waals surface area contributed by atoms with E-state index in [0.717, 1.165) is 13.0 Å². The van der Waals surface area contributed by atoms with Gasteiger partial charge in [0.05, 0.1) is 0 Å². The second-order valence-corrected chi connectivity index (χ2v) is 4.75. The van der Waals surface area contributed by atoms with Crippen LogP contribution in [-0.2, 0) is 0 Å². The van der Waals surface area contributed by atoms with Crippen LogP contribution in [0.15, 0.2) is 0 Å². The first-order chi connectivity index (χ1) is 7.59. The molecule has 1 aromatic heterocycles. The quantitative estimate of drug-likeness (QED) is 0.760.